The molecule has 1 atom stereocenters. The van der Waals surface area contributed by atoms with Crippen LogP contribution in [0, 0.1) is 12.3 Å². The fraction of sp³-hybridized carbons (Fsp3) is 0.400. The number of hydrogen-bond acceptors (Lipinski definition) is 3. The highest BCUT2D eigenvalue weighted by Gasteiger charge is 2.39. The van der Waals surface area contributed by atoms with Gasteiger partial charge in [0.05, 0.1) is 11.5 Å². The van der Waals surface area contributed by atoms with Crippen molar-refractivity contribution in [3.63, 3.8) is 0 Å². The van der Waals surface area contributed by atoms with Crippen LogP contribution in [0.5, 0.6) is 0 Å². The fourth-order valence-electron chi connectivity index (χ4n) is 3.70. The Morgan fingerprint density at radius 1 is 1.19 bits per heavy atom. The van der Waals surface area contributed by atoms with E-state index in [4.69, 9.17) is 11.6 Å². The molecule has 3 rings (SSSR count). The van der Waals surface area contributed by atoms with E-state index in [-0.39, 0.29) is 6.61 Å². The molecule has 1 N–H and O–H groups in total. The standard InChI is InChI=1S/C20H24ClNO3S/c1-16-5-2-8-19(11-16)26(24,25)22-10-4-9-20(14-22,15-23)13-17-6-3-7-18(21)12-17/h2-3,5-8,11-12,23H,4,9-10,13-15H2,1H3. The Bertz CT molecular complexity index is 884. The molecule has 0 amide bonds. The summed E-state index contributed by atoms with van der Waals surface area (Å²) >= 11 is 6.08. The van der Waals surface area contributed by atoms with E-state index in [0.717, 1.165) is 24.0 Å². The first kappa shape index (κ1) is 19.4. The Balaban J connectivity index is 1.87. The second-order valence-electron chi connectivity index (χ2n) is 7.22. The van der Waals surface area contributed by atoms with E-state index in [0.29, 0.717) is 29.4 Å². The predicted octanol–water partition coefficient (Wildman–Crippen LogP) is 3.65. The maximum atomic E-state index is 13.1. The summed E-state index contributed by atoms with van der Waals surface area (Å²) in [5.41, 5.74) is 1.44. The molecule has 0 radical (unpaired) electrons. The summed E-state index contributed by atoms with van der Waals surface area (Å²) in [6.07, 6.45) is 2.12. The zero-order valence-electron chi connectivity index (χ0n) is 14.9. The molecule has 0 saturated carbocycles. The summed E-state index contributed by atoms with van der Waals surface area (Å²) in [5.74, 6) is 0. The monoisotopic (exact) mass is 393 g/mol. The van der Waals surface area contributed by atoms with Gasteiger partial charge in [-0.05, 0) is 61.6 Å². The van der Waals surface area contributed by atoms with Gasteiger partial charge in [0.25, 0.3) is 0 Å². The largest absolute Gasteiger partial charge is 0.396 e. The van der Waals surface area contributed by atoms with E-state index < -0.39 is 15.4 Å². The van der Waals surface area contributed by atoms with E-state index in [1.54, 1.807) is 18.2 Å². The minimum atomic E-state index is -3.57. The SMILES string of the molecule is Cc1cccc(S(=O)(=O)N2CCCC(CO)(Cc3cccc(Cl)c3)C2)c1. The summed E-state index contributed by atoms with van der Waals surface area (Å²) < 4.78 is 27.7. The Morgan fingerprint density at radius 3 is 2.65 bits per heavy atom. The van der Waals surface area contributed by atoms with Gasteiger partial charge in [-0.1, -0.05) is 35.9 Å². The number of halogens is 1. The summed E-state index contributed by atoms with van der Waals surface area (Å²) in [6, 6.07) is 14.5. The number of aliphatic hydroxyl groups is 1. The van der Waals surface area contributed by atoms with Crippen molar-refractivity contribution in [2.45, 2.75) is 31.1 Å². The third-order valence-electron chi connectivity index (χ3n) is 5.06. The topological polar surface area (TPSA) is 57.6 Å². The van der Waals surface area contributed by atoms with Crippen molar-refractivity contribution in [3.05, 3.63) is 64.7 Å². The van der Waals surface area contributed by atoms with Crippen molar-refractivity contribution in [2.75, 3.05) is 19.7 Å². The molecule has 1 heterocycles. The quantitative estimate of drug-likeness (QED) is 0.843. The van der Waals surface area contributed by atoms with Crippen molar-refractivity contribution in [3.8, 4) is 0 Å². The lowest BCUT2D eigenvalue weighted by atomic mass is 9.76. The molecule has 1 aliphatic rings. The lowest BCUT2D eigenvalue weighted by Gasteiger charge is -2.41. The molecule has 26 heavy (non-hydrogen) atoms. The van der Waals surface area contributed by atoms with E-state index in [2.05, 4.69) is 0 Å². The molecule has 0 aromatic heterocycles. The molecule has 4 nitrogen and oxygen atoms in total. The maximum absolute atomic E-state index is 13.1. The van der Waals surface area contributed by atoms with Crippen molar-refractivity contribution >= 4 is 21.6 Å². The zero-order valence-corrected chi connectivity index (χ0v) is 16.4. The summed E-state index contributed by atoms with van der Waals surface area (Å²) in [5, 5.41) is 10.8. The predicted molar refractivity (Wildman–Crippen MR) is 104 cm³/mol. The van der Waals surface area contributed by atoms with Crippen LogP contribution in [-0.2, 0) is 16.4 Å². The highest BCUT2D eigenvalue weighted by Crippen LogP contribution is 2.36. The number of benzene rings is 2. The molecule has 2 aromatic carbocycles. The number of nitrogens with zero attached hydrogens (tertiary/aromatic N) is 1. The number of aryl methyl sites for hydroxylation is 1. The second kappa shape index (κ2) is 7.69. The third-order valence-corrected chi connectivity index (χ3v) is 7.13. The summed E-state index contributed by atoms with van der Waals surface area (Å²) in [7, 11) is -3.57. The van der Waals surface area contributed by atoms with Crippen LogP contribution in [0.15, 0.2) is 53.4 Å². The van der Waals surface area contributed by atoms with Gasteiger partial charge in [0, 0.05) is 23.5 Å². The van der Waals surface area contributed by atoms with Crippen molar-refractivity contribution < 1.29 is 13.5 Å². The Hall–Kier alpha value is -1.40. The van der Waals surface area contributed by atoms with Crippen LogP contribution in [0.25, 0.3) is 0 Å². The van der Waals surface area contributed by atoms with E-state index >= 15 is 0 Å². The molecule has 0 spiro atoms. The summed E-state index contributed by atoms with van der Waals surface area (Å²) in [4.78, 5) is 0.314. The molecule has 1 aliphatic heterocycles. The molecule has 1 unspecified atom stereocenters. The van der Waals surface area contributed by atoms with Gasteiger partial charge in [0.15, 0.2) is 0 Å². The van der Waals surface area contributed by atoms with E-state index in [1.165, 1.54) is 4.31 Å². The van der Waals surface area contributed by atoms with Crippen molar-refractivity contribution in [1.82, 2.24) is 4.31 Å². The van der Waals surface area contributed by atoms with Gasteiger partial charge in [0.2, 0.25) is 10.0 Å². The van der Waals surface area contributed by atoms with Crippen LogP contribution in [0.4, 0.5) is 0 Å². The van der Waals surface area contributed by atoms with Crippen LogP contribution >= 0.6 is 11.6 Å². The highest BCUT2D eigenvalue weighted by atomic mass is 35.5. The van der Waals surface area contributed by atoms with Crippen LogP contribution in [0.3, 0.4) is 0 Å². The Kier molecular flexibility index (Phi) is 5.72. The van der Waals surface area contributed by atoms with Gasteiger partial charge < -0.3 is 5.11 Å². The van der Waals surface area contributed by atoms with Gasteiger partial charge in [-0.2, -0.15) is 4.31 Å². The average molecular weight is 394 g/mol. The molecule has 6 heteroatoms. The van der Waals surface area contributed by atoms with Gasteiger partial charge in [-0.3, -0.25) is 0 Å². The number of piperidine rings is 1. The van der Waals surface area contributed by atoms with Crippen molar-refractivity contribution in [1.29, 1.82) is 0 Å². The fourth-order valence-corrected chi connectivity index (χ4v) is 5.61. The minimum Gasteiger partial charge on any atom is -0.396 e. The molecule has 0 bridgehead atoms. The van der Waals surface area contributed by atoms with Gasteiger partial charge in [0.1, 0.15) is 0 Å². The number of sulfonamides is 1. The normalized spacial score (nSPS) is 21.7. The zero-order chi connectivity index (χ0) is 18.8. The van der Waals surface area contributed by atoms with Crippen LogP contribution in [-0.4, -0.2) is 37.5 Å². The van der Waals surface area contributed by atoms with Crippen LogP contribution in [0.2, 0.25) is 5.02 Å². The smallest absolute Gasteiger partial charge is 0.243 e. The third kappa shape index (κ3) is 4.12. The highest BCUT2D eigenvalue weighted by molar-refractivity contribution is 7.89. The number of hydrogen-bond donors (Lipinski definition) is 1. The molecular formula is C20H24ClNO3S. The Labute approximate surface area is 160 Å². The van der Waals surface area contributed by atoms with Crippen LogP contribution < -0.4 is 0 Å². The molecule has 1 saturated heterocycles. The van der Waals surface area contributed by atoms with E-state index in [1.807, 2.05) is 37.3 Å². The number of aliphatic hydroxyl groups excluding tert-OH is 1. The molecule has 2 aromatic rings. The maximum Gasteiger partial charge on any atom is 0.243 e. The lowest BCUT2D eigenvalue weighted by molar-refractivity contribution is 0.0645. The minimum absolute atomic E-state index is 0.0562. The van der Waals surface area contributed by atoms with Gasteiger partial charge in [-0.25, -0.2) is 8.42 Å². The van der Waals surface area contributed by atoms with E-state index in [9.17, 15) is 13.5 Å². The molecular weight excluding hydrogens is 370 g/mol. The molecule has 1 fully saturated rings. The molecule has 140 valence electrons. The van der Waals surface area contributed by atoms with Crippen molar-refractivity contribution in [2.24, 2.45) is 5.41 Å². The number of rotatable bonds is 5. The first-order valence-electron chi connectivity index (χ1n) is 8.77. The summed E-state index contributed by atoms with van der Waals surface area (Å²) in [6.45, 7) is 2.62. The Morgan fingerprint density at radius 2 is 1.96 bits per heavy atom. The van der Waals surface area contributed by atoms with Gasteiger partial charge >= 0.3 is 0 Å². The van der Waals surface area contributed by atoms with Crippen LogP contribution in [0.1, 0.15) is 24.0 Å². The second-order valence-corrected chi connectivity index (χ2v) is 9.60. The molecule has 0 aliphatic carbocycles. The lowest BCUT2D eigenvalue weighted by Crippen LogP contribution is -2.48. The average Bonchev–Trinajstić information content (AvgIpc) is 2.62. The van der Waals surface area contributed by atoms with Gasteiger partial charge in [-0.15, -0.1) is 0 Å². The first-order valence-corrected chi connectivity index (χ1v) is 10.6. The first-order chi connectivity index (χ1) is 12.3.